The molecule has 1 aliphatic rings. The minimum Gasteiger partial charge on any atom is -0.476 e. The lowest BCUT2D eigenvalue weighted by Gasteiger charge is -2.26. The second-order valence-corrected chi connectivity index (χ2v) is 5.48. The van der Waals surface area contributed by atoms with E-state index in [9.17, 15) is 9.90 Å². The highest BCUT2D eigenvalue weighted by atomic mass is 35.5. The van der Waals surface area contributed by atoms with Crippen molar-refractivity contribution in [1.82, 2.24) is 15.0 Å². The number of benzene rings is 1. The van der Waals surface area contributed by atoms with E-state index in [-0.39, 0.29) is 11.6 Å². The summed E-state index contributed by atoms with van der Waals surface area (Å²) in [5, 5.41) is 17.7. The summed E-state index contributed by atoms with van der Waals surface area (Å²) in [6.07, 6.45) is 3.14. The molecule has 0 bridgehead atoms. The van der Waals surface area contributed by atoms with Crippen molar-refractivity contribution in [3.63, 3.8) is 0 Å². The van der Waals surface area contributed by atoms with Crippen LogP contribution < -0.4 is 0 Å². The zero-order chi connectivity index (χ0) is 14.1. The standard InChI is InChI=1S/C14H14ClN3O2/c15-11-6-1-3-9(7-11)8-18-13(10-4-2-5-10)12(14(19)20)16-17-18/h1,3,6-7,10H,2,4-5,8H2,(H,19,20). The fraction of sp³-hybridized carbons (Fsp3) is 0.357. The molecular weight excluding hydrogens is 278 g/mol. The SMILES string of the molecule is O=C(O)c1nnn(Cc2cccc(Cl)c2)c1C1CCC1. The Labute approximate surface area is 121 Å². The smallest absolute Gasteiger partial charge is 0.358 e. The Hall–Kier alpha value is -1.88. The lowest BCUT2D eigenvalue weighted by Crippen LogP contribution is -2.18. The second-order valence-electron chi connectivity index (χ2n) is 5.04. The number of carboxylic acid groups (broad SMARTS) is 1. The number of carboxylic acids is 1. The van der Waals surface area contributed by atoms with Crippen molar-refractivity contribution in [1.29, 1.82) is 0 Å². The second kappa shape index (κ2) is 5.25. The largest absolute Gasteiger partial charge is 0.476 e. The van der Waals surface area contributed by atoms with Crippen LogP contribution in [0, 0.1) is 0 Å². The van der Waals surface area contributed by atoms with Gasteiger partial charge in [-0.1, -0.05) is 35.4 Å². The molecule has 0 amide bonds. The summed E-state index contributed by atoms with van der Waals surface area (Å²) < 4.78 is 1.69. The number of carbonyl (C=O) groups is 1. The van der Waals surface area contributed by atoms with E-state index in [4.69, 9.17) is 11.6 Å². The zero-order valence-corrected chi connectivity index (χ0v) is 11.5. The number of nitrogens with zero attached hydrogens (tertiary/aromatic N) is 3. The summed E-state index contributed by atoms with van der Waals surface area (Å²) in [6.45, 7) is 0.493. The molecule has 0 aliphatic heterocycles. The minimum absolute atomic E-state index is 0.0803. The topological polar surface area (TPSA) is 68.0 Å². The molecule has 1 heterocycles. The maximum Gasteiger partial charge on any atom is 0.358 e. The molecule has 2 aromatic rings. The third kappa shape index (κ3) is 2.41. The van der Waals surface area contributed by atoms with Crippen LogP contribution in [-0.4, -0.2) is 26.1 Å². The van der Waals surface area contributed by atoms with Crippen LogP contribution in [0.2, 0.25) is 5.02 Å². The van der Waals surface area contributed by atoms with Gasteiger partial charge in [-0.05, 0) is 30.5 Å². The van der Waals surface area contributed by atoms with Gasteiger partial charge in [-0.25, -0.2) is 9.48 Å². The third-order valence-electron chi connectivity index (χ3n) is 3.69. The summed E-state index contributed by atoms with van der Waals surface area (Å²) in [4.78, 5) is 11.2. The van der Waals surface area contributed by atoms with Gasteiger partial charge in [-0.2, -0.15) is 0 Å². The van der Waals surface area contributed by atoms with E-state index in [0.29, 0.717) is 11.6 Å². The van der Waals surface area contributed by atoms with Crippen molar-refractivity contribution < 1.29 is 9.90 Å². The summed E-state index contributed by atoms with van der Waals surface area (Å²) in [7, 11) is 0. The van der Waals surface area contributed by atoms with E-state index in [2.05, 4.69) is 10.3 Å². The van der Waals surface area contributed by atoms with E-state index in [1.165, 1.54) is 0 Å². The molecule has 20 heavy (non-hydrogen) atoms. The van der Waals surface area contributed by atoms with Gasteiger partial charge < -0.3 is 5.11 Å². The molecule has 5 nitrogen and oxygen atoms in total. The first-order valence-electron chi connectivity index (χ1n) is 6.56. The third-order valence-corrected chi connectivity index (χ3v) is 3.92. The normalized spacial score (nSPS) is 15.1. The van der Waals surface area contributed by atoms with Gasteiger partial charge in [-0.15, -0.1) is 5.10 Å². The van der Waals surface area contributed by atoms with Gasteiger partial charge >= 0.3 is 5.97 Å². The molecule has 6 heteroatoms. The summed E-state index contributed by atoms with van der Waals surface area (Å²) in [5.41, 5.74) is 1.81. The van der Waals surface area contributed by atoms with E-state index >= 15 is 0 Å². The fourth-order valence-corrected chi connectivity index (χ4v) is 2.70. The first kappa shape index (κ1) is 13.1. The molecule has 1 fully saturated rings. The Bertz CT molecular complexity index is 650. The molecule has 0 saturated heterocycles. The number of aromatic carboxylic acids is 1. The van der Waals surface area contributed by atoms with Gasteiger partial charge in [0.1, 0.15) is 0 Å². The van der Waals surface area contributed by atoms with E-state index < -0.39 is 5.97 Å². The molecule has 1 aromatic carbocycles. The minimum atomic E-state index is -1.01. The number of halogens is 1. The first-order valence-corrected chi connectivity index (χ1v) is 6.94. The molecule has 0 spiro atoms. The fourth-order valence-electron chi connectivity index (χ4n) is 2.48. The monoisotopic (exact) mass is 291 g/mol. The van der Waals surface area contributed by atoms with Crippen LogP contribution >= 0.6 is 11.6 Å². The lowest BCUT2D eigenvalue weighted by atomic mass is 9.82. The van der Waals surface area contributed by atoms with Gasteiger partial charge in [0.15, 0.2) is 5.69 Å². The number of aromatic nitrogens is 3. The Kier molecular flexibility index (Phi) is 3.44. The van der Waals surface area contributed by atoms with Crippen LogP contribution in [0.25, 0.3) is 0 Å². The lowest BCUT2D eigenvalue weighted by molar-refractivity contribution is 0.0687. The van der Waals surface area contributed by atoms with Crippen LogP contribution in [0.5, 0.6) is 0 Å². The van der Waals surface area contributed by atoms with E-state index in [1.807, 2.05) is 24.3 Å². The van der Waals surface area contributed by atoms with Crippen molar-refractivity contribution >= 4 is 17.6 Å². The summed E-state index contributed by atoms with van der Waals surface area (Å²) in [5.74, 6) is -0.750. The predicted octanol–water partition coefficient (Wildman–Crippen LogP) is 2.95. The molecule has 1 N–H and O–H groups in total. The Morgan fingerprint density at radius 1 is 1.45 bits per heavy atom. The quantitative estimate of drug-likeness (QED) is 0.940. The van der Waals surface area contributed by atoms with Crippen LogP contribution in [0.15, 0.2) is 24.3 Å². The van der Waals surface area contributed by atoms with E-state index in [0.717, 1.165) is 30.5 Å². The van der Waals surface area contributed by atoms with Crippen molar-refractivity contribution in [2.24, 2.45) is 0 Å². The molecule has 0 atom stereocenters. The molecular formula is C14H14ClN3O2. The van der Waals surface area contributed by atoms with Gasteiger partial charge in [0, 0.05) is 10.9 Å². The maximum atomic E-state index is 11.2. The van der Waals surface area contributed by atoms with Crippen molar-refractivity contribution in [2.75, 3.05) is 0 Å². The number of hydrogen-bond donors (Lipinski definition) is 1. The Balaban J connectivity index is 1.94. The molecule has 0 radical (unpaired) electrons. The predicted molar refractivity (Wildman–Crippen MR) is 74.1 cm³/mol. The highest BCUT2D eigenvalue weighted by molar-refractivity contribution is 6.30. The van der Waals surface area contributed by atoms with E-state index in [1.54, 1.807) is 4.68 Å². The van der Waals surface area contributed by atoms with Gasteiger partial charge in [0.25, 0.3) is 0 Å². The summed E-state index contributed by atoms with van der Waals surface area (Å²) in [6, 6.07) is 7.48. The van der Waals surface area contributed by atoms with Crippen molar-refractivity contribution in [3.8, 4) is 0 Å². The van der Waals surface area contributed by atoms with Crippen LogP contribution in [0.4, 0.5) is 0 Å². The van der Waals surface area contributed by atoms with Crippen LogP contribution in [-0.2, 0) is 6.54 Å². The summed E-state index contributed by atoms with van der Waals surface area (Å²) >= 11 is 5.97. The zero-order valence-electron chi connectivity index (χ0n) is 10.8. The molecule has 3 rings (SSSR count). The van der Waals surface area contributed by atoms with Gasteiger partial charge in [0.2, 0.25) is 0 Å². The van der Waals surface area contributed by atoms with Crippen LogP contribution in [0.3, 0.4) is 0 Å². The highest BCUT2D eigenvalue weighted by Gasteiger charge is 2.30. The Morgan fingerprint density at radius 3 is 2.85 bits per heavy atom. The van der Waals surface area contributed by atoms with Crippen LogP contribution in [0.1, 0.15) is 46.9 Å². The number of hydrogen-bond acceptors (Lipinski definition) is 3. The van der Waals surface area contributed by atoms with Crippen molar-refractivity contribution in [2.45, 2.75) is 31.7 Å². The molecule has 0 unspecified atom stereocenters. The highest BCUT2D eigenvalue weighted by Crippen LogP contribution is 2.37. The molecule has 1 aromatic heterocycles. The Morgan fingerprint density at radius 2 is 2.25 bits per heavy atom. The molecule has 1 saturated carbocycles. The number of rotatable bonds is 4. The molecule has 1 aliphatic carbocycles. The molecule has 104 valence electrons. The average Bonchev–Trinajstić information content (AvgIpc) is 2.71. The average molecular weight is 292 g/mol. The van der Waals surface area contributed by atoms with Crippen molar-refractivity contribution in [3.05, 3.63) is 46.2 Å². The first-order chi connectivity index (χ1) is 9.65. The maximum absolute atomic E-state index is 11.2. The van der Waals surface area contributed by atoms with Gasteiger partial charge in [-0.3, -0.25) is 0 Å². The van der Waals surface area contributed by atoms with Gasteiger partial charge in [0.05, 0.1) is 12.2 Å².